The van der Waals surface area contributed by atoms with Gasteiger partial charge in [0.2, 0.25) is 10.0 Å². The highest BCUT2D eigenvalue weighted by Crippen LogP contribution is 2.27. The molecule has 0 spiro atoms. The highest BCUT2D eigenvalue weighted by Gasteiger charge is 2.29. The van der Waals surface area contributed by atoms with Crippen LogP contribution < -0.4 is 10.5 Å². The predicted molar refractivity (Wildman–Crippen MR) is 120 cm³/mol. The van der Waals surface area contributed by atoms with Crippen molar-refractivity contribution in [2.75, 3.05) is 39.4 Å². The molecule has 0 aromatic heterocycles. The van der Waals surface area contributed by atoms with E-state index in [0.717, 1.165) is 18.4 Å². The molecule has 4 rings (SSSR count). The molecule has 0 radical (unpaired) electrons. The summed E-state index contributed by atoms with van der Waals surface area (Å²) in [6, 6.07) is 9.77. The van der Waals surface area contributed by atoms with Crippen LogP contribution in [-0.2, 0) is 19.6 Å². The lowest BCUT2D eigenvalue weighted by atomic mass is 10.1. The van der Waals surface area contributed by atoms with Crippen LogP contribution in [0.3, 0.4) is 0 Å². The maximum atomic E-state index is 13.2. The predicted octanol–water partition coefficient (Wildman–Crippen LogP) is 1.69. The number of amides is 2. The van der Waals surface area contributed by atoms with Gasteiger partial charge in [0, 0.05) is 19.6 Å². The van der Waals surface area contributed by atoms with Crippen LogP contribution in [0, 0.1) is 5.82 Å². The molecular formula is C23H26FN3O6S. The van der Waals surface area contributed by atoms with Gasteiger partial charge in [-0.3, -0.25) is 9.59 Å². The molecule has 2 saturated heterocycles. The van der Waals surface area contributed by atoms with Gasteiger partial charge in [-0.1, -0.05) is 12.1 Å². The summed E-state index contributed by atoms with van der Waals surface area (Å²) in [5.41, 5.74) is 6.10. The van der Waals surface area contributed by atoms with E-state index in [1.807, 2.05) is 0 Å². The zero-order valence-corrected chi connectivity index (χ0v) is 19.3. The standard InChI is InChI=1S/C23H26FN3O6S/c24-17-5-3-16(4-6-17)21-14-26(11-12-32-21)22(28)15-33-20-8-7-18(13-19(20)23(25)29)34(30,31)27-9-1-2-10-27/h3-8,13,21H,1-2,9-12,14-15H2,(H2,25,29). The lowest BCUT2D eigenvalue weighted by Crippen LogP contribution is -2.44. The summed E-state index contributed by atoms with van der Waals surface area (Å²) in [7, 11) is -3.74. The van der Waals surface area contributed by atoms with E-state index in [1.165, 1.54) is 34.6 Å². The van der Waals surface area contributed by atoms with Crippen molar-refractivity contribution in [2.45, 2.75) is 23.8 Å². The number of ether oxygens (including phenoxy) is 2. The number of sulfonamides is 1. The van der Waals surface area contributed by atoms with Gasteiger partial charge in [0.15, 0.2) is 6.61 Å². The van der Waals surface area contributed by atoms with E-state index in [0.29, 0.717) is 26.2 Å². The quantitative estimate of drug-likeness (QED) is 0.630. The highest BCUT2D eigenvalue weighted by atomic mass is 32.2. The molecule has 1 unspecified atom stereocenters. The maximum Gasteiger partial charge on any atom is 0.260 e. The second-order valence-corrected chi connectivity index (χ2v) is 10.1. The van der Waals surface area contributed by atoms with Gasteiger partial charge in [0.1, 0.15) is 17.7 Å². The Bertz CT molecular complexity index is 1170. The zero-order chi connectivity index (χ0) is 24.3. The molecule has 2 amide bonds. The molecule has 9 nitrogen and oxygen atoms in total. The fourth-order valence-corrected chi connectivity index (χ4v) is 5.60. The molecule has 0 bridgehead atoms. The van der Waals surface area contributed by atoms with Crippen LogP contribution in [0.15, 0.2) is 47.4 Å². The number of hydrogen-bond acceptors (Lipinski definition) is 6. The van der Waals surface area contributed by atoms with Crippen molar-refractivity contribution in [1.82, 2.24) is 9.21 Å². The van der Waals surface area contributed by atoms with Crippen LogP contribution in [0.4, 0.5) is 4.39 Å². The average Bonchev–Trinajstić information content (AvgIpc) is 3.39. The van der Waals surface area contributed by atoms with Crippen molar-refractivity contribution in [3.63, 3.8) is 0 Å². The molecule has 2 aromatic rings. The first-order valence-electron chi connectivity index (χ1n) is 11.0. The van der Waals surface area contributed by atoms with E-state index in [-0.39, 0.29) is 41.1 Å². The second kappa shape index (κ2) is 10.1. The number of nitrogens with zero attached hydrogens (tertiary/aromatic N) is 2. The molecule has 2 fully saturated rings. The van der Waals surface area contributed by atoms with Gasteiger partial charge in [-0.15, -0.1) is 0 Å². The third-order valence-corrected chi connectivity index (χ3v) is 7.83. The molecule has 0 aliphatic carbocycles. The van der Waals surface area contributed by atoms with E-state index < -0.39 is 22.0 Å². The number of carbonyl (C=O) groups excluding carboxylic acids is 2. The fourth-order valence-electron chi connectivity index (χ4n) is 4.05. The average molecular weight is 492 g/mol. The topological polar surface area (TPSA) is 119 Å². The third-order valence-electron chi connectivity index (χ3n) is 5.93. The van der Waals surface area contributed by atoms with Crippen molar-refractivity contribution < 1.29 is 31.9 Å². The fraction of sp³-hybridized carbons (Fsp3) is 0.391. The minimum absolute atomic E-state index is 0.0320. The first-order valence-corrected chi connectivity index (χ1v) is 12.4. The number of rotatable bonds is 7. The Kier molecular flexibility index (Phi) is 7.15. The highest BCUT2D eigenvalue weighted by molar-refractivity contribution is 7.89. The molecule has 2 N–H and O–H groups in total. The van der Waals surface area contributed by atoms with E-state index in [2.05, 4.69) is 0 Å². The van der Waals surface area contributed by atoms with Crippen LogP contribution in [0.1, 0.15) is 34.9 Å². The Morgan fingerprint density at radius 1 is 1.09 bits per heavy atom. The summed E-state index contributed by atoms with van der Waals surface area (Å²) >= 11 is 0. The molecule has 34 heavy (non-hydrogen) atoms. The maximum absolute atomic E-state index is 13.2. The molecule has 182 valence electrons. The first kappa shape index (κ1) is 24.1. The van der Waals surface area contributed by atoms with E-state index in [4.69, 9.17) is 15.2 Å². The number of hydrogen-bond donors (Lipinski definition) is 1. The van der Waals surface area contributed by atoms with Gasteiger partial charge < -0.3 is 20.1 Å². The lowest BCUT2D eigenvalue weighted by Gasteiger charge is -2.33. The van der Waals surface area contributed by atoms with Crippen LogP contribution >= 0.6 is 0 Å². The summed E-state index contributed by atoms with van der Waals surface area (Å²) in [4.78, 5) is 26.3. The number of benzene rings is 2. The summed E-state index contributed by atoms with van der Waals surface area (Å²) in [5.74, 6) is -1.52. The lowest BCUT2D eigenvalue weighted by molar-refractivity contribution is -0.141. The van der Waals surface area contributed by atoms with Gasteiger partial charge in [-0.25, -0.2) is 12.8 Å². The Labute approximate surface area is 197 Å². The minimum Gasteiger partial charge on any atom is -0.483 e. The Morgan fingerprint density at radius 3 is 2.47 bits per heavy atom. The third kappa shape index (κ3) is 5.21. The van der Waals surface area contributed by atoms with Crippen molar-refractivity contribution in [3.8, 4) is 5.75 Å². The van der Waals surface area contributed by atoms with E-state index in [9.17, 15) is 22.4 Å². The van der Waals surface area contributed by atoms with Crippen molar-refractivity contribution >= 4 is 21.8 Å². The molecule has 1 atom stereocenters. The summed E-state index contributed by atoms with van der Waals surface area (Å²) in [6.45, 7) is 1.43. The van der Waals surface area contributed by atoms with Crippen molar-refractivity contribution in [1.29, 1.82) is 0 Å². The first-order chi connectivity index (χ1) is 16.3. The van der Waals surface area contributed by atoms with Crippen molar-refractivity contribution in [2.24, 2.45) is 5.73 Å². The Hall–Kier alpha value is -3.02. The van der Waals surface area contributed by atoms with Crippen LogP contribution in [0.5, 0.6) is 5.75 Å². The molecule has 2 aliphatic rings. The normalized spacial score (nSPS) is 19.2. The SMILES string of the molecule is NC(=O)c1cc(S(=O)(=O)N2CCCC2)ccc1OCC(=O)N1CCOC(c2ccc(F)cc2)C1. The molecule has 0 saturated carbocycles. The summed E-state index contributed by atoms with van der Waals surface area (Å²) < 4.78 is 51.4. The van der Waals surface area contributed by atoms with Gasteiger partial charge in [0.25, 0.3) is 11.8 Å². The van der Waals surface area contributed by atoms with Crippen LogP contribution in [0.25, 0.3) is 0 Å². The molecular weight excluding hydrogens is 465 g/mol. The molecule has 11 heteroatoms. The van der Waals surface area contributed by atoms with Gasteiger partial charge >= 0.3 is 0 Å². The smallest absolute Gasteiger partial charge is 0.260 e. The minimum atomic E-state index is -3.74. The Balaban J connectivity index is 1.43. The molecule has 2 aliphatic heterocycles. The Morgan fingerprint density at radius 2 is 1.79 bits per heavy atom. The number of carbonyl (C=O) groups is 2. The van der Waals surface area contributed by atoms with E-state index >= 15 is 0 Å². The number of primary amides is 1. The van der Waals surface area contributed by atoms with E-state index in [1.54, 1.807) is 17.0 Å². The number of morpholine rings is 1. The van der Waals surface area contributed by atoms with Crippen LogP contribution in [0.2, 0.25) is 0 Å². The van der Waals surface area contributed by atoms with Gasteiger partial charge in [-0.05, 0) is 48.7 Å². The number of halogens is 1. The largest absolute Gasteiger partial charge is 0.483 e. The second-order valence-electron chi connectivity index (χ2n) is 8.17. The van der Waals surface area contributed by atoms with Gasteiger partial charge in [0.05, 0.1) is 23.6 Å². The monoisotopic (exact) mass is 491 g/mol. The van der Waals surface area contributed by atoms with Crippen molar-refractivity contribution in [3.05, 3.63) is 59.4 Å². The van der Waals surface area contributed by atoms with Gasteiger partial charge in [-0.2, -0.15) is 4.31 Å². The molecule has 2 heterocycles. The summed E-state index contributed by atoms with van der Waals surface area (Å²) in [5, 5.41) is 0. The summed E-state index contributed by atoms with van der Waals surface area (Å²) in [6.07, 6.45) is 1.18. The molecule has 2 aromatic carbocycles. The zero-order valence-electron chi connectivity index (χ0n) is 18.5. The number of nitrogens with two attached hydrogens (primary N) is 1. The van der Waals surface area contributed by atoms with Crippen LogP contribution in [-0.4, -0.2) is 68.8 Å².